The SMILES string of the molecule is CC(=O)CCCN1CCC[C@@H](Cn2cc(C(C)C)cn2)C1. The molecule has 0 bridgehead atoms. The van der Waals surface area contributed by atoms with Crippen LogP contribution in [-0.4, -0.2) is 40.1 Å². The topological polar surface area (TPSA) is 38.1 Å². The highest BCUT2D eigenvalue weighted by Crippen LogP contribution is 2.20. The summed E-state index contributed by atoms with van der Waals surface area (Å²) < 4.78 is 2.11. The molecule has 4 heteroatoms. The highest BCUT2D eigenvalue weighted by molar-refractivity contribution is 5.75. The van der Waals surface area contributed by atoms with Crippen molar-refractivity contribution < 1.29 is 4.79 Å². The van der Waals surface area contributed by atoms with Gasteiger partial charge < -0.3 is 9.69 Å². The van der Waals surface area contributed by atoms with Gasteiger partial charge in [-0.1, -0.05) is 13.8 Å². The maximum Gasteiger partial charge on any atom is 0.129 e. The Balaban J connectivity index is 1.79. The molecule has 118 valence electrons. The van der Waals surface area contributed by atoms with Crippen LogP contribution in [0, 0.1) is 5.92 Å². The molecule has 0 radical (unpaired) electrons. The fourth-order valence-corrected chi connectivity index (χ4v) is 3.10. The number of rotatable bonds is 7. The number of carbonyl (C=O) groups is 1. The molecular weight excluding hydrogens is 262 g/mol. The third-order valence-electron chi connectivity index (χ3n) is 4.37. The zero-order chi connectivity index (χ0) is 15.2. The maximum atomic E-state index is 11.0. The standard InChI is InChI=1S/C17H29N3O/c1-14(2)17-10-18-20(13-17)12-16-7-5-9-19(11-16)8-4-6-15(3)21/h10,13-14,16H,4-9,11-12H2,1-3H3/t16-/m1/s1. The van der Waals surface area contributed by atoms with Gasteiger partial charge in [0.15, 0.2) is 0 Å². The predicted molar refractivity (Wildman–Crippen MR) is 85.4 cm³/mol. The minimum atomic E-state index is 0.307. The zero-order valence-corrected chi connectivity index (χ0v) is 13.7. The van der Waals surface area contributed by atoms with Crippen molar-refractivity contribution in [1.82, 2.24) is 14.7 Å². The molecule has 0 N–H and O–H groups in total. The largest absolute Gasteiger partial charge is 0.303 e. The quantitative estimate of drug-likeness (QED) is 0.775. The van der Waals surface area contributed by atoms with E-state index in [1.54, 1.807) is 6.92 Å². The molecule has 1 atom stereocenters. The highest BCUT2D eigenvalue weighted by Gasteiger charge is 2.20. The molecule has 1 aliphatic rings. The number of carbonyl (C=O) groups excluding carboxylic acids is 1. The van der Waals surface area contributed by atoms with Crippen molar-refractivity contribution in [3.8, 4) is 0 Å². The number of nitrogens with zero attached hydrogens (tertiary/aromatic N) is 3. The van der Waals surface area contributed by atoms with Gasteiger partial charge in [-0.3, -0.25) is 4.68 Å². The lowest BCUT2D eigenvalue weighted by molar-refractivity contribution is -0.117. The molecule has 1 aliphatic heterocycles. The summed E-state index contributed by atoms with van der Waals surface area (Å²) in [5.74, 6) is 1.55. The van der Waals surface area contributed by atoms with E-state index in [9.17, 15) is 4.79 Å². The van der Waals surface area contributed by atoms with E-state index in [-0.39, 0.29) is 0 Å². The number of aromatic nitrogens is 2. The van der Waals surface area contributed by atoms with E-state index in [2.05, 4.69) is 34.7 Å². The van der Waals surface area contributed by atoms with E-state index in [4.69, 9.17) is 0 Å². The first-order chi connectivity index (χ1) is 10.0. The van der Waals surface area contributed by atoms with Crippen LogP contribution in [0.2, 0.25) is 0 Å². The van der Waals surface area contributed by atoms with Gasteiger partial charge in [0.25, 0.3) is 0 Å². The number of Topliss-reactive ketones (excluding diaryl/α,β-unsaturated/α-hetero) is 1. The summed E-state index contributed by atoms with van der Waals surface area (Å²) in [4.78, 5) is 13.5. The van der Waals surface area contributed by atoms with Crippen LogP contribution in [0.5, 0.6) is 0 Å². The lowest BCUT2D eigenvalue weighted by atomic mass is 9.97. The molecule has 0 amide bonds. The normalized spacial score (nSPS) is 20.1. The van der Waals surface area contributed by atoms with Gasteiger partial charge in [0.1, 0.15) is 5.78 Å². The third kappa shape index (κ3) is 5.27. The molecular formula is C17H29N3O. The maximum absolute atomic E-state index is 11.0. The van der Waals surface area contributed by atoms with Crippen molar-refractivity contribution in [3.63, 3.8) is 0 Å². The van der Waals surface area contributed by atoms with Gasteiger partial charge in [-0.2, -0.15) is 5.10 Å². The first kappa shape index (κ1) is 16.2. The average Bonchev–Trinajstić information content (AvgIpc) is 2.87. The second kappa shape index (κ2) is 7.74. The van der Waals surface area contributed by atoms with Gasteiger partial charge in [-0.05, 0) is 56.7 Å². The van der Waals surface area contributed by atoms with Crippen LogP contribution in [0.3, 0.4) is 0 Å². The smallest absolute Gasteiger partial charge is 0.129 e. The Hall–Kier alpha value is -1.16. The molecule has 0 spiro atoms. The lowest BCUT2D eigenvalue weighted by Gasteiger charge is -2.32. The van der Waals surface area contributed by atoms with Crippen molar-refractivity contribution in [2.24, 2.45) is 5.92 Å². The lowest BCUT2D eigenvalue weighted by Crippen LogP contribution is -2.37. The summed E-state index contributed by atoms with van der Waals surface area (Å²) in [6.07, 6.45) is 8.47. The number of piperidine rings is 1. The second-order valence-electron chi connectivity index (χ2n) is 6.76. The molecule has 1 aromatic rings. The van der Waals surface area contributed by atoms with Gasteiger partial charge >= 0.3 is 0 Å². The van der Waals surface area contributed by atoms with Crippen molar-refractivity contribution in [2.75, 3.05) is 19.6 Å². The average molecular weight is 291 g/mol. The fourth-order valence-electron chi connectivity index (χ4n) is 3.10. The van der Waals surface area contributed by atoms with Crippen LogP contribution in [0.25, 0.3) is 0 Å². The Bertz CT molecular complexity index is 453. The van der Waals surface area contributed by atoms with Crippen LogP contribution in [0.1, 0.15) is 57.9 Å². The van der Waals surface area contributed by atoms with Crippen molar-refractivity contribution >= 4 is 5.78 Å². The number of hydrogen-bond donors (Lipinski definition) is 0. The Kier molecular flexibility index (Phi) is 5.97. The van der Waals surface area contributed by atoms with Crippen LogP contribution in [-0.2, 0) is 11.3 Å². The van der Waals surface area contributed by atoms with Crippen molar-refractivity contribution in [3.05, 3.63) is 18.0 Å². The molecule has 4 nitrogen and oxygen atoms in total. The summed E-state index contributed by atoms with van der Waals surface area (Å²) >= 11 is 0. The summed E-state index contributed by atoms with van der Waals surface area (Å²) in [5, 5.41) is 4.50. The molecule has 2 heterocycles. The van der Waals surface area contributed by atoms with Crippen LogP contribution < -0.4 is 0 Å². The van der Waals surface area contributed by atoms with Crippen molar-refractivity contribution in [1.29, 1.82) is 0 Å². The van der Waals surface area contributed by atoms with Gasteiger partial charge in [0.05, 0.1) is 6.20 Å². The molecule has 0 saturated carbocycles. The molecule has 0 unspecified atom stereocenters. The van der Waals surface area contributed by atoms with Crippen LogP contribution in [0.4, 0.5) is 0 Å². The predicted octanol–water partition coefficient (Wildman–Crippen LogP) is 3.09. The molecule has 1 fully saturated rings. The number of likely N-dealkylation sites (tertiary alicyclic amines) is 1. The third-order valence-corrected chi connectivity index (χ3v) is 4.37. The zero-order valence-electron chi connectivity index (χ0n) is 13.7. The Morgan fingerprint density at radius 1 is 1.48 bits per heavy atom. The Morgan fingerprint density at radius 2 is 2.29 bits per heavy atom. The molecule has 0 aromatic carbocycles. The van der Waals surface area contributed by atoms with Crippen molar-refractivity contribution in [2.45, 2.75) is 58.9 Å². The molecule has 0 aliphatic carbocycles. The molecule has 1 aromatic heterocycles. The fraction of sp³-hybridized carbons (Fsp3) is 0.765. The summed E-state index contributed by atoms with van der Waals surface area (Å²) in [5.41, 5.74) is 1.32. The minimum absolute atomic E-state index is 0.307. The molecule has 1 saturated heterocycles. The highest BCUT2D eigenvalue weighted by atomic mass is 16.1. The van der Waals surface area contributed by atoms with E-state index in [1.807, 2.05) is 6.20 Å². The molecule has 21 heavy (non-hydrogen) atoms. The van der Waals surface area contributed by atoms with Gasteiger partial charge in [-0.15, -0.1) is 0 Å². The van der Waals surface area contributed by atoms with Crippen LogP contribution in [0.15, 0.2) is 12.4 Å². The monoisotopic (exact) mass is 291 g/mol. The first-order valence-corrected chi connectivity index (χ1v) is 8.28. The van der Waals surface area contributed by atoms with E-state index in [0.717, 1.165) is 32.5 Å². The van der Waals surface area contributed by atoms with Gasteiger partial charge in [0, 0.05) is 25.7 Å². The van der Waals surface area contributed by atoms with E-state index < -0.39 is 0 Å². The minimum Gasteiger partial charge on any atom is -0.303 e. The van der Waals surface area contributed by atoms with E-state index in [1.165, 1.54) is 24.9 Å². The van der Waals surface area contributed by atoms with E-state index in [0.29, 0.717) is 17.6 Å². The number of ketones is 1. The van der Waals surface area contributed by atoms with E-state index >= 15 is 0 Å². The van der Waals surface area contributed by atoms with Crippen LogP contribution >= 0.6 is 0 Å². The summed E-state index contributed by atoms with van der Waals surface area (Å²) in [6, 6.07) is 0. The number of hydrogen-bond acceptors (Lipinski definition) is 3. The summed E-state index contributed by atoms with van der Waals surface area (Å²) in [6.45, 7) is 10.5. The van der Waals surface area contributed by atoms with Gasteiger partial charge in [0.2, 0.25) is 0 Å². The van der Waals surface area contributed by atoms with Gasteiger partial charge in [-0.25, -0.2) is 0 Å². The first-order valence-electron chi connectivity index (χ1n) is 8.28. The Labute approximate surface area is 128 Å². The second-order valence-corrected chi connectivity index (χ2v) is 6.76. The summed E-state index contributed by atoms with van der Waals surface area (Å²) in [7, 11) is 0. The Morgan fingerprint density at radius 3 is 2.95 bits per heavy atom. The molecule has 2 rings (SSSR count).